The molecule has 2 atom stereocenters. The lowest BCUT2D eigenvalue weighted by Crippen LogP contribution is -2.42. The lowest BCUT2D eigenvalue weighted by Gasteiger charge is -2.30. The molecule has 2 aromatic carbocycles. The molecule has 1 heterocycles. The van der Waals surface area contributed by atoms with Crippen LogP contribution < -0.4 is 4.74 Å². The summed E-state index contributed by atoms with van der Waals surface area (Å²) in [5.41, 5.74) is 0.872. The maximum atomic E-state index is 13.1. The van der Waals surface area contributed by atoms with Crippen molar-refractivity contribution in [3.05, 3.63) is 66.0 Å². The van der Waals surface area contributed by atoms with Gasteiger partial charge in [-0.15, -0.1) is 0 Å². The van der Waals surface area contributed by atoms with E-state index in [1.807, 2.05) is 35.2 Å². The molecule has 0 saturated carbocycles. The van der Waals surface area contributed by atoms with Gasteiger partial charge in [-0.25, -0.2) is 12.8 Å². The summed E-state index contributed by atoms with van der Waals surface area (Å²) in [4.78, 5) is 1.96. The number of sulfone groups is 1. The highest BCUT2D eigenvalue weighted by Crippen LogP contribution is 2.21. The normalized spacial score (nSPS) is 19.9. The fraction of sp³-hybridized carbons (Fsp3) is 0.400. The van der Waals surface area contributed by atoms with Gasteiger partial charge in [-0.3, -0.25) is 4.90 Å². The Bertz CT molecular complexity index is 827. The van der Waals surface area contributed by atoms with Gasteiger partial charge in [-0.05, 0) is 36.2 Å². The van der Waals surface area contributed by atoms with Crippen molar-refractivity contribution in [2.45, 2.75) is 25.1 Å². The molecule has 0 aliphatic carbocycles. The van der Waals surface area contributed by atoms with Crippen molar-refractivity contribution in [3.8, 4) is 5.75 Å². The number of nitrogens with zero attached hydrogens (tertiary/aromatic N) is 1. The number of para-hydroxylation sites is 1. The molecule has 1 fully saturated rings. The molecule has 1 aliphatic heterocycles. The summed E-state index contributed by atoms with van der Waals surface area (Å²) >= 11 is 0. The predicted octanol–water partition coefficient (Wildman–Crippen LogP) is 2.25. The third-order valence-corrected chi connectivity index (χ3v) is 6.40. The highest BCUT2D eigenvalue weighted by atomic mass is 32.2. The molecule has 0 radical (unpaired) electrons. The summed E-state index contributed by atoms with van der Waals surface area (Å²) in [6, 6.07) is 15.2. The van der Waals surface area contributed by atoms with Crippen molar-refractivity contribution in [3.63, 3.8) is 0 Å². The molecule has 1 N–H and O–H groups in total. The largest absolute Gasteiger partial charge is 0.491 e. The Morgan fingerprint density at radius 3 is 2.48 bits per heavy atom. The molecule has 5 nitrogen and oxygen atoms in total. The van der Waals surface area contributed by atoms with Crippen molar-refractivity contribution in [1.82, 2.24) is 4.90 Å². The van der Waals surface area contributed by atoms with Crippen LogP contribution in [-0.2, 0) is 16.4 Å². The second-order valence-corrected chi connectivity index (χ2v) is 9.12. The van der Waals surface area contributed by atoms with Gasteiger partial charge in [-0.2, -0.15) is 0 Å². The van der Waals surface area contributed by atoms with E-state index < -0.39 is 15.9 Å². The average molecular weight is 393 g/mol. The Morgan fingerprint density at radius 1 is 1.15 bits per heavy atom. The lowest BCUT2D eigenvalue weighted by atomic mass is 10.1. The Balaban J connectivity index is 1.64. The van der Waals surface area contributed by atoms with Gasteiger partial charge in [0.25, 0.3) is 0 Å². The van der Waals surface area contributed by atoms with Crippen LogP contribution in [0.1, 0.15) is 12.0 Å². The first kappa shape index (κ1) is 19.8. The van der Waals surface area contributed by atoms with E-state index in [2.05, 4.69) is 0 Å². The van der Waals surface area contributed by atoms with Gasteiger partial charge < -0.3 is 9.84 Å². The zero-order chi connectivity index (χ0) is 19.3. The number of ether oxygens (including phenoxy) is 1. The van der Waals surface area contributed by atoms with E-state index in [4.69, 9.17) is 4.74 Å². The second-order valence-electron chi connectivity index (χ2n) is 6.89. The van der Waals surface area contributed by atoms with Crippen molar-refractivity contribution in [2.75, 3.05) is 24.7 Å². The molecule has 0 spiro atoms. The number of aliphatic hydroxyl groups excluding tert-OH is 1. The molecule has 27 heavy (non-hydrogen) atoms. The first-order valence-electron chi connectivity index (χ1n) is 8.96. The molecule has 0 amide bonds. The standard InChI is InChI=1S/C20H24FNO4S/c21-17-8-6-16(7-9-17)12-22(18-10-11-27(24,25)15-18)13-19(23)14-26-20-4-2-1-3-5-20/h1-9,18-19,23H,10-15H2. The molecule has 2 aromatic rings. The third kappa shape index (κ3) is 6.02. The molecule has 1 saturated heterocycles. The van der Waals surface area contributed by atoms with E-state index in [0.29, 0.717) is 18.7 Å². The Morgan fingerprint density at radius 2 is 1.85 bits per heavy atom. The summed E-state index contributed by atoms with van der Waals surface area (Å²) in [5.74, 6) is 0.601. The molecular formula is C20H24FNO4S. The van der Waals surface area contributed by atoms with Gasteiger partial charge in [0, 0.05) is 19.1 Å². The minimum atomic E-state index is -3.05. The first-order valence-corrected chi connectivity index (χ1v) is 10.8. The van der Waals surface area contributed by atoms with Crippen LogP contribution in [0.5, 0.6) is 5.75 Å². The maximum Gasteiger partial charge on any atom is 0.151 e. The third-order valence-electron chi connectivity index (χ3n) is 4.65. The van der Waals surface area contributed by atoms with Crippen LogP contribution >= 0.6 is 0 Å². The van der Waals surface area contributed by atoms with Gasteiger partial charge in [0.2, 0.25) is 0 Å². The van der Waals surface area contributed by atoms with Gasteiger partial charge in [0.1, 0.15) is 24.3 Å². The monoisotopic (exact) mass is 393 g/mol. The number of halogens is 1. The van der Waals surface area contributed by atoms with Crippen molar-refractivity contribution in [1.29, 1.82) is 0 Å². The lowest BCUT2D eigenvalue weighted by molar-refractivity contribution is 0.0524. The van der Waals surface area contributed by atoms with E-state index >= 15 is 0 Å². The molecule has 2 unspecified atom stereocenters. The zero-order valence-electron chi connectivity index (χ0n) is 15.0. The Hall–Kier alpha value is -1.96. The smallest absolute Gasteiger partial charge is 0.151 e. The molecule has 1 aliphatic rings. The van der Waals surface area contributed by atoms with Crippen LogP contribution in [0.25, 0.3) is 0 Å². The maximum absolute atomic E-state index is 13.1. The SMILES string of the molecule is O=S1(=O)CCC(N(Cc2ccc(F)cc2)CC(O)COc2ccccc2)C1. The fourth-order valence-corrected chi connectivity index (χ4v) is 5.02. The molecule has 146 valence electrons. The molecule has 7 heteroatoms. The highest BCUT2D eigenvalue weighted by Gasteiger charge is 2.33. The number of hydrogen-bond donors (Lipinski definition) is 1. The predicted molar refractivity (Wildman–Crippen MR) is 102 cm³/mol. The fourth-order valence-electron chi connectivity index (χ4n) is 3.26. The zero-order valence-corrected chi connectivity index (χ0v) is 15.8. The number of rotatable bonds is 8. The quantitative estimate of drug-likeness (QED) is 0.745. The van der Waals surface area contributed by atoms with Crippen LogP contribution in [-0.4, -0.2) is 55.2 Å². The first-order chi connectivity index (χ1) is 12.9. The summed E-state index contributed by atoms with van der Waals surface area (Å²) in [6.07, 6.45) is -0.232. The number of benzene rings is 2. The summed E-state index contributed by atoms with van der Waals surface area (Å²) in [5, 5.41) is 10.4. The Kier molecular flexibility index (Phi) is 6.46. The molecule has 0 aromatic heterocycles. The molecule has 0 bridgehead atoms. The second kappa shape index (κ2) is 8.82. The van der Waals surface area contributed by atoms with Crippen molar-refractivity contribution < 1.29 is 22.7 Å². The van der Waals surface area contributed by atoms with E-state index in [9.17, 15) is 17.9 Å². The number of hydrogen-bond acceptors (Lipinski definition) is 5. The van der Waals surface area contributed by atoms with Crippen molar-refractivity contribution in [2.24, 2.45) is 0 Å². The van der Waals surface area contributed by atoms with Crippen LogP contribution in [0.15, 0.2) is 54.6 Å². The van der Waals surface area contributed by atoms with E-state index in [1.54, 1.807) is 12.1 Å². The van der Waals surface area contributed by atoms with Gasteiger partial charge in [-0.1, -0.05) is 30.3 Å². The molecular weight excluding hydrogens is 369 g/mol. The van der Waals surface area contributed by atoms with Crippen LogP contribution in [0.4, 0.5) is 4.39 Å². The topological polar surface area (TPSA) is 66.8 Å². The van der Waals surface area contributed by atoms with Gasteiger partial charge >= 0.3 is 0 Å². The van der Waals surface area contributed by atoms with Crippen LogP contribution in [0.3, 0.4) is 0 Å². The average Bonchev–Trinajstić information content (AvgIpc) is 3.02. The van der Waals surface area contributed by atoms with E-state index in [0.717, 1.165) is 5.56 Å². The van der Waals surface area contributed by atoms with E-state index in [1.165, 1.54) is 12.1 Å². The molecule has 3 rings (SSSR count). The summed E-state index contributed by atoms with van der Waals surface area (Å²) in [7, 11) is -3.05. The summed E-state index contributed by atoms with van der Waals surface area (Å²) in [6.45, 7) is 0.844. The minimum Gasteiger partial charge on any atom is -0.491 e. The minimum absolute atomic E-state index is 0.0838. The summed E-state index contributed by atoms with van der Waals surface area (Å²) < 4.78 is 42.5. The highest BCUT2D eigenvalue weighted by molar-refractivity contribution is 7.91. The number of aliphatic hydroxyl groups is 1. The van der Waals surface area contributed by atoms with Crippen LogP contribution in [0, 0.1) is 5.82 Å². The van der Waals surface area contributed by atoms with Crippen molar-refractivity contribution >= 4 is 9.84 Å². The Labute approximate surface area is 159 Å². The van der Waals surface area contributed by atoms with Gasteiger partial charge in [0.05, 0.1) is 11.5 Å². The van der Waals surface area contributed by atoms with Crippen LogP contribution in [0.2, 0.25) is 0 Å². The van der Waals surface area contributed by atoms with Gasteiger partial charge in [0.15, 0.2) is 9.84 Å². The van der Waals surface area contributed by atoms with E-state index in [-0.39, 0.29) is 36.5 Å².